The molecule has 1 aromatic carbocycles. The minimum absolute atomic E-state index is 0.000674. The van der Waals surface area contributed by atoms with Gasteiger partial charge in [0.15, 0.2) is 6.10 Å². The van der Waals surface area contributed by atoms with E-state index in [0.717, 1.165) is 57.2 Å². The summed E-state index contributed by atoms with van der Waals surface area (Å²) >= 11 is 0. The fraction of sp³-hybridized carbons (Fsp3) is 0.600. The van der Waals surface area contributed by atoms with Gasteiger partial charge in [0.25, 0.3) is 5.91 Å². The summed E-state index contributed by atoms with van der Waals surface area (Å²) in [6, 6.07) is 9.56. The van der Waals surface area contributed by atoms with Crippen LogP contribution in [-0.2, 0) is 14.3 Å². The highest BCUT2D eigenvalue weighted by atomic mass is 16.5. The molecule has 1 saturated heterocycles. The van der Waals surface area contributed by atoms with Crippen LogP contribution in [0.5, 0.6) is 0 Å². The number of nitrogens with one attached hydrogen (secondary N) is 1. The van der Waals surface area contributed by atoms with Gasteiger partial charge in [-0.1, -0.05) is 43.2 Å². The van der Waals surface area contributed by atoms with Crippen molar-refractivity contribution in [1.82, 2.24) is 10.2 Å². The summed E-state index contributed by atoms with van der Waals surface area (Å²) in [6.45, 7) is 1.65. The number of likely N-dealkylation sites (tertiary alicyclic amines) is 1. The van der Waals surface area contributed by atoms with Crippen molar-refractivity contribution in [3.8, 4) is 0 Å². The predicted octanol–water partition coefficient (Wildman–Crippen LogP) is 2.82. The van der Waals surface area contributed by atoms with E-state index in [0.29, 0.717) is 0 Å². The Balaban J connectivity index is 1.59. The molecule has 1 aliphatic heterocycles. The normalized spacial score (nSPS) is 19.6. The largest absolute Gasteiger partial charge is 0.360 e. The van der Waals surface area contributed by atoms with Crippen LogP contribution in [0.4, 0.5) is 0 Å². The second kappa shape index (κ2) is 8.99. The van der Waals surface area contributed by atoms with Gasteiger partial charge in [0, 0.05) is 13.1 Å². The Bertz CT molecular complexity index is 564. The third-order valence-electron chi connectivity index (χ3n) is 5.09. The molecule has 0 aromatic heterocycles. The molecule has 2 aliphatic rings. The molecule has 1 aliphatic carbocycles. The van der Waals surface area contributed by atoms with Gasteiger partial charge in [-0.2, -0.15) is 0 Å². The van der Waals surface area contributed by atoms with E-state index in [1.807, 2.05) is 35.2 Å². The molecule has 5 nitrogen and oxygen atoms in total. The van der Waals surface area contributed by atoms with Crippen LogP contribution < -0.4 is 5.32 Å². The zero-order valence-electron chi connectivity index (χ0n) is 14.8. The zero-order valence-corrected chi connectivity index (χ0v) is 14.8. The van der Waals surface area contributed by atoms with Crippen molar-refractivity contribution in [3.05, 3.63) is 35.9 Å². The maximum atomic E-state index is 12.7. The van der Waals surface area contributed by atoms with Crippen molar-refractivity contribution >= 4 is 11.8 Å². The summed E-state index contributed by atoms with van der Waals surface area (Å²) in [7, 11) is 0. The molecule has 1 saturated carbocycles. The van der Waals surface area contributed by atoms with E-state index in [1.54, 1.807) is 0 Å². The molecule has 1 atom stereocenters. The Hall–Kier alpha value is -1.88. The number of benzene rings is 1. The first-order chi connectivity index (χ1) is 12.2. The highest BCUT2D eigenvalue weighted by Gasteiger charge is 2.28. The SMILES string of the molecule is O=C(NCC(=O)N1CCCCC1)C(OC1CCCC1)c1ccccc1. The maximum absolute atomic E-state index is 12.7. The molecule has 136 valence electrons. The molecule has 2 amide bonds. The summed E-state index contributed by atoms with van der Waals surface area (Å²) in [6.07, 6.45) is 7.09. The van der Waals surface area contributed by atoms with Crippen molar-refractivity contribution in [2.24, 2.45) is 0 Å². The van der Waals surface area contributed by atoms with Crippen LogP contribution in [0.2, 0.25) is 0 Å². The van der Waals surface area contributed by atoms with Crippen LogP contribution in [-0.4, -0.2) is 42.5 Å². The lowest BCUT2D eigenvalue weighted by molar-refractivity contribution is -0.140. The van der Waals surface area contributed by atoms with Gasteiger partial charge in [-0.25, -0.2) is 0 Å². The number of piperidine rings is 1. The topological polar surface area (TPSA) is 58.6 Å². The van der Waals surface area contributed by atoms with Gasteiger partial charge in [-0.3, -0.25) is 9.59 Å². The molecular weight excluding hydrogens is 316 g/mol. The lowest BCUT2D eigenvalue weighted by Crippen LogP contribution is -2.44. The highest BCUT2D eigenvalue weighted by molar-refractivity contribution is 5.87. The Morgan fingerprint density at radius 1 is 1.04 bits per heavy atom. The first-order valence-electron chi connectivity index (χ1n) is 9.50. The molecule has 0 bridgehead atoms. The number of nitrogens with zero attached hydrogens (tertiary/aromatic N) is 1. The third-order valence-corrected chi connectivity index (χ3v) is 5.09. The summed E-state index contributed by atoms with van der Waals surface area (Å²) in [5, 5.41) is 2.80. The van der Waals surface area contributed by atoms with E-state index in [4.69, 9.17) is 4.74 Å². The van der Waals surface area contributed by atoms with E-state index in [1.165, 1.54) is 6.42 Å². The molecule has 1 N–H and O–H groups in total. The van der Waals surface area contributed by atoms with Crippen LogP contribution >= 0.6 is 0 Å². The summed E-state index contributed by atoms with van der Waals surface area (Å²) in [5.41, 5.74) is 0.845. The first-order valence-corrected chi connectivity index (χ1v) is 9.50. The Morgan fingerprint density at radius 2 is 1.72 bits per heavy atom. The first kappa shape index (κ1) is 17.9. The van der Waals surface area contributed by atoms with Gasteiger partial charge in [0.1, 0.15) is 0 Å². The van der Waals surface area contributed by atoms with Crippen molar-refractivity contribution in [3.63, 3.8) is 0 Å². The van der Waals surface area contributed by atoms with Gasteiger partial charge < -0.3 is 15.0 Å². The highest BCUT2D eigenvalue weighted by Crippen LogP contribution is 2.28. The summed E-state index contributed by atoms with van der Waals surface area (Å²) in [5.74, 6) is -0.218. The van der Waals surface area contributed by atoms with Gasteiger partial charge in [-0.15, -0.1) is 0 Å². The van der Waals surface area contributed by atoms with Crippen LogP contribution in [0.3, 0.4) is 0 Å². The number of ether oxygens (including phenoxy) is 1. The van der Waals surface area contributed by atoms with Crippen LogP contribution in [0.1, 0.15) is 56.6 Å². The average molecular weight is 344 g/mol. The number of hydrogen-bond acceptors (Lipinski definition) is 3. The quantitative estimate of drug-likeness (QED) is 0.863. The van der Waals surface area contributed by atoms with Crippen LogP contribution in [0.15, 0.2) is 30.3 Å². The number of carbonyl (C=O) groups is 2. The number of hydrogen-bond donors (Lipinski definition) is 1. The number of carbonyl (C=O) groups excluding carboxylic acids is 2. The fourth-order valence-corrected chi connectivity index (χ4v) is 3.65. The van der Waals surface area contributed by atoms with Crippen LogP contribution in [0.25, 0.3) is 0 Å². The van der Waals surface area contributed by atoms with Crippen LogP contribution in [0, 0.1) is 0 Å². The van der Waals surface area contributed by atoms with Gasteiger partial charge in [-0.05, 0) is 37.7 Å². The summed E-state index contributed by atoms with van der Waals surface area (Å²) < 4.78 is 6.10. The lowest BCUT2D eigenvalue weighted by Gasteiger charge is -2.27. The molecule has 1 heterocycles. The maximum Gasteiger partial charge on any atom is 0.254 e. The summed E-state index contributed by atoms with van der Waals surface area (Å²) in [4.78, 5) is 26.8. The second-order valence-electron chi connectivity index (χ2n) is 6.99. The molecule has 1 aromatic rings. The molecular formula is C20H28N2O3. The van der Waals surface area contributed by atoms with E-state index in [9.17, 15) is 9.59 Å². The predicted molar refractivity (Wildman–Crippen MR) is 96.0 cm³/mol. The Kier molecular flexibility index (Phi) is 6.45. The third kappa shape index (κ3) is 5.05. The minimum Gasteiger partial charge on any atom is -0.360 e. The van der Waals surface area contributed by atoms with E-state index < -0.39 is 6.10 Å². The number of rotatable bonds is 6. The van der Waals surface area contributed by atoms with Gasteiger partial charge >= 0.3 is 0 Å². The van der Waals surface area contributed by atoms with Crippen molar-refractivity contribution in [2.45, 2.75) is 57.2 Å². The second-order valence-corrected chi connectivity index (χ2v) is 6.99. The zero-order chi connectivity index (χ0) is 17.5. The molecule has 1 unspecified atom stereocenters. The van der Waals surface area contributed by atoms with E-state index in [2.05, 4.69) is 5.32 Å². The van der Waals surface area contributed by atoms with Gasteiger partial charge in [0.05, 0.1) is 12.6 Å². The van der Waals surface area contributed by atoms with Gasteiger partial charge in [0.2, 0.25) is 5.91 Å². The standard InChI is InChI=1S/C20H28N2O3/c23-18(22-13-7-2-8-14-22)15-21-20(24)19(16-9-3-1-4-10-16)25-17-11-5-6-12-17/h1,3-4,9-10,17,19H,2,5-8,11-15H2,(H,21,24). The Labute approximate surface area is 149 Å². The molecule has 0 radical (unpaired) electrons. The Morgan fingerprint density at radius 3 is 2.40 bits per heavy atom. The van der Waals surface area contributed by atoms with Crippen molar-refractivity contribution in [1.29, 1.82) is 0 Å². The smallest absolute Gasteiger partial charge is 0.254 e. The lowest BCUT2D eigenvalue weighted by atomic mass is 10.1. The molecule has 3 rings (SSSR count). The van der Waals surface area contributed by atoms with E-state index >= 15 is 0 Å². The van der Waals surface area contributed by atoms with Crippen molar-refractivity contribution < 1.29 is 14.3 Å². The molecule has 25 heavy (non-hydrogen) atoms. The average Bonchev–Trinajstić information content (AvgIpc) is 3.18. The minimum atomic E-state index is -0.640. The monoisotopic (exact) mass is 344 g/mol. The molecule has 2 fully saturated rings. The molecule has 0 spiro atoms. The fourth-order valence-electron chi connectivity index (χ4n) is 3.65. The molecule has 5 heteroatoms. The van der Waals surface area contributed by atoms with Crippen molar-refractivity contribution in [2.75, 3.05) is 19.6 Å². The van der Waals surface area contributed by atoms with E-state index in [-0.39, 0.29) is 24.5 Å². The number of amides is 2.